The monoisotopic (exact) mass is 326 g/mol. The Labute approximate surface area is 140 Å². The van der Waals surface area contributed by atoms with E-state index in [0.717, 1.165) is 11.3 Å². The molecule has 3 rings (SSSR count). The standard InChI is InChI=1S/C19H19FN2O2/c1-3-22(17-7-5-4-6-12(17)2)19(24)15-11-18(23)21-16-10-13(20)8-9-14(15)16/h4-10,15H,3,11H2,1-2H3,(H,21,23). The van der Waals surface area contributed by atoms with Crippen LogP contribution in [0.5, 0.6) is 0 Å². The zero-order valence-corrected chi connectivity index (χ0v) is 13.7. The van der Waals surface area contributed by atoms with Crippen LogP contribution in [0.2, 0.25) is 0 Å². The molecule has 2 amide bonds. The number of rotatable bonds is 3. The average molecular weight is 326 g/mol. The predicted molar refractivity (Wildman–Crippen MR) is 91.6 cm³/mol. The van der Waals surface area contributed by atoms with Crippen molar-refractivity contribution in [1.29, 1.82) is 0 Å². The van der Waals surface area contributed by atoms with Crippen molar-refractivity contribution < 1.29 is 14.0 Å². The summed E-state index contributed by atoms with van der Waals surface area (Å²) in [5.41, 5.74) is 2.87. The molecule has 0 saturated carbocycles. The van der Waals surface area contributed by atoms with Gasteiger partial charge in [-0.2, -0.15) is 0 Å². The summed E-state index contributed by atoms with van der Waals surface area (Å²) < 4.78 is 13.4. The third-order valence-electron chi connectivity index (χ3n) is 4.34. The van der Waals surface area contributed by atoms with Crippen LogP contribution in [0.4, 0.5) is 15.8 Å². The maximum absolute atomic E-state index is 13.4. The lowest BCUT2D eigenvalue weighted by Gasteiger charge is -2.31. The molecule has 1 aliphatic rings. The smallest absolute Gasteiger partial charge is 0.235 e. The van der Waals surface area contributed by atoms with Crippen LogP contribution >= 0.6 is 0 Å². The van der Waals surface area contributed by atoms with Gasteiger partial charge in [0.25, 0.3) is 0 Å². The van der Waals surface area contributed by atoms with Gasteiger partial charge in [0.1, 0.15) is 5.82 Å². The molecule has 0 radical (unpaired) electrons. The lowest BCUT2D eigenvalue weighted by atomic mass is 9.89. The number of anilines is 2. The minimum Gasteiger partial charge on any atom is -0.326 e. The fraction of sp³-hybridized carbons (Fsp3) is 0.263. The Balaban J connectivity index is 2.00. The highest BCUT2D eigenvalue weighted by atomic mass is 19.1. The van der Waals surface area contributed by atoms with Crippen molar-refractivity contribution in [1.82, 2.24) is 0 Å². The second-order valence-corrected chi connectivity index (χ2v) is 5.91. The highest BCUT2D eigenvalue weighted by Gasteiger charge is 2.34. The van der Waals surface area contributed by atoms with Crippen LogP contribution in [-0.2, 0) is 9.59 Å². The van der Waals surface area contributed by atoms with Gasteiger partial charge in [0.05, 0.1) is 5.92 Å². The van der Waals surface area contributed by atoms with E-state index < -0.39 is 11.7 Å². The summed E-state index contributed by atoms with van der Waals surface area (Å²) in [6.45, 7) is 4.35. The largest absolute Gasteiger partial charge is 0.326 e. The first-order valence-corrected chi connectivity index (χ1v) is 7.97. The molecule has 1 heterocycles. The molecule has 1 aliphatic heterocycles. The van der Waals surface area contributed by atoms with E-state index >= 15 is 0 Å². The summed E-state index contributed by atoms with van der Waals surface area (Å²) in [6.07, 6.45) is 0.0693. The Kier molecular flexibility index (Phi) is 4.34. The van der Waals surface area contributed by atoms with Gasteiger partial charge in [0.15, 0.2) is 0 Å². The second-order valence-electron chi connectivity index (χ2n) is 5.91. The Morgan fingerprint density at radius 1 is 1.29 bits per heavy atom. The van der Waals surface area contributed by atoms with Gasteiger partial charge < -0.3 is 10.2 Å². The molecule has 1 N–H and O–H groups in total. The number of hydrogen-bond acceptors (Lipinski definition) is 2. The Bertz CT molecular complexity index is 804. The molecule has 1 atom stereocenters. The number of likely N-dealkylation sites (N-methyl/N-ethyl adjacent to an activating group) is 1. The van der Waals surface area contributed by atoms with E-state index in [1.807, 2.05) is 38.1 Å². The van der Waals surface area contributed by atoms with E-state index in [-0.39, 0.29) is 18.2 Å². The minimum atomic E-state index is -0.603. The number of fused-ring (bicyclic) bond motifs is 1. The van der Waals surface area contributed by atoms with Crippen molar-refractivity contribution in [2.24, 2.45) is 0 Å². The molecule has 5 heteroatoms. The first kappa shape index (κ1) is 16.2. The highest BCUT2D eigenvalue weighted by molar-refractivity contribution is 6.06. The number of aryl methyl sites for hydroxylation is 1. The first-order chi connectivity index (χ1) is 11.5. The number of halogens is 1. The molecule has 4 nitrogen and oxygen atoms in total. The number of carbonyl (C=O) groups is 2. The summed E-state index contributed by atoms with van der Waals surface area (Å²) in [5.74, 6) is -1.45. The van der Waals surface area contributed by atoms with Crippen LogP contribution in [0.3, 0.4) is 0 Å². The van der Waals surface area contributed by atoms with E-state index in [1.54, 1.807) is 11.0 Å². The Morgan fingerprint density at radius 3 is 2.75 bits per heavy atom. The van der Waals surface area contributed by atoms with Crippen LogP contribution in [0, 0.1) is 12.7 Å². The first-order valence-electron chi connectivity index (χ1n) is 7.97. The molecule has 124 valence electrons. The summed E-state index contributed by atoms with van der Waals surface area (Å²) in [6, 6.07) is 11.8. The van der Waals surface area contributed by atoms with E-state index in [2.05, 4.69) is 5.32 Å². The van der Waals surface area contributed by atoms with E-state index in [9.17, 15) is 14.0 Å². The van der Waals surface area contributed by atoms with Gasteiger partial charge >= 0.3 is 0 Å². The Morgan fingerprint density at radius 2 is 2.04 bits per heavy atom. The van der Waals surface area contributed by atoms with Crippen LogP contribution in [-0.4, -0.2) is 18.4 Å². The number of para-hydroxylation sites is 1. The number of carbonyl (C=O) groups excluding carboxylic acids is 2. The van der Waals surface area contributed by atoms with Crippen LogP contribution < -0.4 is 10.2 Å². The maximum atomic E-state index is 13.4. The van der Waals surface area contributed by atoms with Gasteiger partial charge in [0, 0.05) is 24.3 Å². The molecule has 2 aromatic rings. The number of benzene rings is 2. The van der Waals surface area contributed by atoms with Crippen LogP contribution in [0.25, 0.3) is 0 Å². The third-order valence-corrected chi connectivity index (χ3v) is 4.34. The number of hydrogen-bond donors (Lipinski definition) is 1. The molecule has 2 aromatic carbocycles. The third kappa shape index (κ3) is 2.89. The minimum absolute atomic E-state index is 0.0693. The normalized spacial score (nSPS) is 16.3. The van der Waals surface area contributed by atoms with E-state index in [1.165, 1.54) is 12.1 Å². The molecular weight excluding hydrogens is 307 g/mol. The summed E-state index contributed by atoms with van der Waals surface area (Å²) in [7, 11) is 0. The lowest BCUT2D eigenvalue weighted by Crippen LogP contribution is -2.39. The van der Waals surface area contributed by atoms with Gasteiger partial charge in [-0.05, 0) is 43.2 Å². The molecule has 1 unspecified atom stereocenters. The van der Waals surface area contributed by atoms with Crippen molar-refractivity contribution in [3.8, 4) is 0 Å². The van der Waals surface area contributed by atoms with Gasteiger partial charge in [-0.1, -0.05) is 24.3 Å². The lowest BCUT2D eigenvalue weighted by molar-refractivity contribution is -0.124. The molecule has 0 spiro atoms. The van der Waals surface area contributed by atoms with Crippen molar-refractivity contribution >= 4 is 23.2 Å². The van der Waals surface area contributed by atoms with Crippen molar-refractivity contribution in [3.63, 3.8) is 0 Å². The van der Waals surface area contributed by atoms with Gasteiger partial charge in [0.2, 0.25) is 11.8 Å². The molecule has 0 aliphatic carbocycles. The molecule has 24 heavy (non-hydrogen) atoms. The van der Waals surface area contributed by atoms with Gasteiger partial charge in [-0.25, -0.2) is 4.39 Å². The molecule has 0 aromatic heterocycles. The summed E-state index contributed by atoms with van der Waals surface area (Å²) in [4.78, 5) is 26.8. The van der Waals surface area contributed by atoms with E-state index in [4.69, 9.17) is 0 Å². The van der Waals surface area contributed by atoms with Crippen LogP contribution in [0.15, 0.2) is 42.5 Å². The van der Waals surface area contributed by atoms with Crippen molar-refractivity contribution in [2.75, 3.05) is 16.8 Å². The summed E-state index contributed by atoms with van der Waals surface area (Å²) in [5, 5.41) is 2.64. The van der Waals surface area contributed by atoms with Crippen LogP contribution in [0.1, 0.15) is 30.4 Å². The zero-order valence-electron chi connectivity index (χ0n) is 13.7. The van der Waals surface area contributed by atoms with E-state index in [0.29, 0.717) is 17.8 Å². The number of nitrogens with zero attached hydrogens (tertiary/aromatic N) is 1. The fourth-order valence-corrected chi connectivity index (χ4v) is 3.16. The highest BCUT2D eigenvalue weighted by Crippen LogP contribution is 2.35. The quantitative estimate of drug-likeness (QED) is 0.936. The molecule has 0 fully saturated rings. The number of amides is 2. The van der Waals surface area contributed by atoms with Crippen molar-refractivity contribution in [3.05, 3.63) is 59.4 Å². The average Bonchev–Trinajstić information content (AvgIpc) is 2.55. The SMILES string of the molecule is CCN(C(=O)C1CC(=O)Nc2cc(F)ccc21)c1ccccc1C. The molecule has 0 bridgehead atoms. The molecular formula is C19H19FN2O2. The predicted octanol–water partition coefficient (Wildman–Crippen LogP) is 3.61. The van der Waals surface area contributed by atoms with Gasteiger partial charge in [-0.15, -0.1) is 0 Å². The number of nitrogens with one attached hydrogen (secondary N) is 1. The zero-order chi connectivity index (χ0) is 17.3. The van der Waals surface area contributed by atoms with Gasteiger partial charge in [-0.3, -0.25) is 9.59 Å². The molecule has 0 saturated heterocycles. The van der Waals surface area contributed by atoms with Crippen molar-refractivity contribution in [2.45, 2.75) is 26.2 Å². The second kappa shape index (κ2) is 6.43. The topological polar surface area (TPSA) is 49.4 Å². The Hall–Kier alpha value is -2.69. The maximum Gasteiger partial charge on any atom is 0.235 e. The summed E-state index contributed by atoms with van der Waals surface area (Å²) >= 11 is 0. The fourth-order valence-electron chi connectivity index (χ4n) is 3.16.